The van der Waals surface area contributed by atoms with Gasteiger partial charge in [0.15, 0.2) is 0 Å². The predicted octanol–water partition coefficient (Wildman–Crippen LogP) is 4.03. The van der Waals surface area contributed by atoms with Crippen LogP contribution in [-0.2, 0) is 13.0 Å². The molecule has 0 bridgehead atoms. The molecule has 0 atom stereocenters. The average Bonchev–Trinajstić information content (AvgIpc) is 2.38. The molecule has 2 aromatic rings. The smallest absolute Gasteiger partial charge is 0.120 e. The Balaban J connectivity index is 1.83. The van der Waals surface area contributed by atoms with Gasteiger partial charge in [-0.1, -0.05) is 47.5 Å². The van der Waals surface area contributed by atoms with Crippen molar-refractivity contribution < 1.29 is 5.11 Å². The largest absolute Gasteiger partial charge is 0.508 e. The van der Waals surface area contributed by atoms with E-state index in [1.54, 1.807) is 12.1 Å². The van der Waals surface area contributed by atoms with Gasteiger partial charge in [0.2, 0.25) is 0 Å². The van der Waals surface area contributed by atoms with E-state index in [1.165, 1.54) is 0 Å². The normalized spacial score (nSPS) is 10.6. The van der Waals surface area contributed by atoms with E-state index in [2.05, 4.69) is 5.32 Å². The highest BCUT2D eigenvalue weighted by Gasteiger charge is 2.02. The van der Waals surface area contributed by atoms with Gasteiger partial charge in [-0.05, 0) is 36.7 Å². The summed E-state index contributed by atoms with van der Waals surface area (Å²) in [4.78, 5) is 0. The minimum Gasteiger partial charge on any atom is -0.508 e. The molecule has 4 heteroatoms. The molecule has 2 rings (SSSR count). The molecule has 0 radical (unpaired) electrons. The molecule has 0 saturated carbocycles. The van der Waals surface area contributed by atoms with E-state index >= 15 is 0 Å². The van der Waals surface area contributed by atoms with E-state index < -0.39 is 0 Å². The van der Waals surface area contributed by atoms with Gasteiger partial charge in [-0.3, -0.25) is 0 Å². The number of rotatable bonds is 5. The lowest BCUT2D eigenvalue weighted by atomic mass is 10.1. The fourth-order valence-electron chi connectivity index (χ4n) is 1.83. The molecule has 0 aliphatic carbocycles. The van der Waals surface area contributed by atoms with Crippen LogP contribution in [0.3, 0.4) is 0 Å². The molecular weight excluding hydrogens is 281 g/mol. The minimum atomic E-state index is 0.319. The number of hydrogen-bond acceptors (Lipinski definition) is 2. The maximum atomic E-state index is 9.63. The van der Waals surface area contributed by atoms with Crippen LogP contribution >= 0.6 is 23.2 Å². The van der Waals surface area contributed by atoms with Crippen LogP contribution < -0.4 is 5.32 Å². The van der Waals surface area contributed by atoms with E-state index in [-0.39, 0.29) is 0 Å². The molecule has 0 amide bonds. The van der Waals surface area contributed by atoms with Crippen molar-refractivity contribution in [3.63, 3.8) is 0 Å². The number of nitrogens with one attached hydrogen (secondary N) is 1. The van der Waals surface area contributed by atoms with Crippen LogP contribution in [0, 0.1) is 0 Å². The Morgan fingerprint density at radius 3 is 2.53 bits per heavy atom. The quantitative estimate of drug-likeness (QED) is 0.816. The fourth-order valence-corrected chi connectivity index (χ4v) is 2.33. The van der Waals surface area contributed by atoms with Gasteiger partial charge in [-0.25, -0.2) is 0 Å². The van der Waals surface area contributed by atoms with Gasteiger partial charge in [0.1, 0.15) is 5.75 Å². The van der Waals surface area contributed by atoms with Crippen molar-refractivity contribution in [3.05, 3.63) is 63.6 Å². The Morgan fingerprint density at radius 1 is 1.00 bits per heavy atom. The van der Waals surface area contributed by atoms with Crippen LogP contribution in [0.2, 0.25) is 10.0 Å². The molecule has 0 aliphatic heterocycles. The summed E-state index contributed by atoms with van der Waals surface area (Å²) in [6.45, 7) is 1.42. The molecule has 0 aromatic heterocycles. The second-order valence-electron chi connectivity index (χ2n) is 4.29. The molecule has 0 fully saturated rings. The van der Waals surface area contributed by atoms with Gasteiger partial charge in [0.25, 0.3) is 0 Å². The summed E-state index contributed by atoms with van der Waals surface area (Å²) in [5, 5.41) is 14.2. The van der Waals surface area contributed by atoms with E-state index in [0.717, 1.165) is 24.1 Å². The zero-order valence-electron chi connectivity index (χ0n) is 10.4. The van der Waals surface area contributed by atoms with E-state index in [0.29, 0.717) is 22.3 Å². The third kappa shape index (κ3) is 4.13. The van der Waals surface area contributed by atoms with Crippen molar-refractivity contribution in [2.75, 3.05) is 6.54 Å². The molecule has 0 spiro atoms. The van der Waals surface area contributed by atoms with Gasteiger partial charge >= 0.3 is 0 Å². The Hall–Kier alpha value is -1.22. The molecule has 19 heavy (non-hydrogen) atoms. The first-order chi connectivity index (χ1) is 9.16. The maximum absolute atomic E-state index is 9.63. The maximum Gasteiger partial charge on any atom is 0.120 e. The van der Waals surface area contributed by atoms with Gasteiger partial charge in [-0.15, -0.1) is 0 Å². The zero-order chi connectivity index (χ0) is 13.7. The third-order valence-corrected chi connectivity index (χ3v) is 3.48. The first kappa shape index (κ1) is 14.2. The Morgan fingerprint density at radius 2 is 1.79 bits per heavy atom. The van der Waals surface area contributed by atoms with Crippen molar-refractivity contribution in [1.29, 1.82) is 0 Å². The number of aromatic hydroxyl groups is 1. The summed E-state index contributed by atoms with van der Waals surface area (Å²) in [6, 6.07) is 12.8. The number of benzene rings is 2. The number of hydrogen-bond donors (Lipinski definition) is 2. The molecular formula is C15H15Cl2NO. The molecule has 0 aliphatic rings. The summed E-state index contributed by atoms with van der Waals surface area (Å²) in [7, 11) is 0. The first-order valence-electron chi connectivity index (χ1n) is 6.08. The number of halogens is 2. The summed E-state index contributed by atoms with van der Waals surface area (Å²) in [5.74, 6) is 0.319. The van der Waals surface area contributed by atoms with Crippen LogP contribution in [-0.4, -0.2) is 11.7 Å². The molecule has 2 nitrogen and oxygen atoms in total. The summed E-state index contributed by atoms with van der Waals surface area (Å²) >= 11 is 11.9. The summed E-state index contributed by atoms with van der Waals surface area (Å²) in [6.07, 6.45) is 0.823. The zero-order valence-corrected chi connectivity index (χ0v) is 11.9. The van der Waals surface area contributed by atoms with Crippen LogP contribution in [0.25, 0.3) is 0 Å². The van der Waals surface area contributed by atoms with Gasteiger partial charge in [-0.2, -0.15) is 0 Å². The van der Waals surface area contributed by atoms with Gasteiger partial charge in [0.05, 0.1) is 0 Å². The Bertz CT molecular complexity index is 558. The average molecular weight is 296 g/mol. The molecule has 0 heterocycles. The van der Waals surface area contributed by atoms with E-state index in [1.807, 2.05) is 30.3 Å². The molecule has 2 aromatic carbocycles. The second kappa shape index (κ2) is 6.80. The van der Waals surface area contributed by atoms with Crippen molar-refractivity contribution >= 4 is 23.2 Å². The van der Waals surface area contributed by atoms with Crippen LogP contribution in [0.15, 0.2) is 42.5 Å². The number of para-hydroxylation sites is 1. The minimum absolute atomic E-state index is 0.319. The summed E-state index contributed by atoms with van der Waals surface area (Å²) < 4.78 is 0. The summed E-state index contributed by atoms with van der Waals surface area (Å²) in [5.41, 5.74) is 1.96. The third-order valence-electron chi connectivity index (χ3n) is 2.89. The van der Waals surface area contributed by atoms with Crippen LogP contribution in [0.5, 0.6) is 5.75 Å². The van der Waals surface area contributed by atoms with Gasteiger partial charge < -0.3 is 10.4 Å². The lowest BCUT2D eigenvalue weighted by molar-refractivity contribution is 0.464. The Labute approximate surface area is 123 Å². The van der Waals surface area contributed by atoms with Gasteiger partial charge in [0, 0.05) is 22.2 Å². The van der Waals surface area contributed by atoms with Crippen molar-refractivity contribution in [2.24, 2.45) is 0 Å². The van der Waals surface area contributed by atoms with Crippen LogP contribution in [0.4, 0.5) is 0 Å². The SMILES string of the molecule is Oc1ccccc1CNCCc1ccc(Cl)cc1Cl. The monoisotopic (exact) mass is 295 g/mol. The molecule has 0 saturated heterocycles. The number of phenolic OH excluding ortho intramolecular Hbond substituents is 1. The topological polar surface area (TPSA) is 32.3 Å². The highest BCUT2D eigenvalue weighted by atomic mass is 35.5. The highest BCUT2D eigenvalue weighted by Crippen LogP contribution is 2.21. The van der Waals surface area contributed by atoms with Crippen molar-refractivity contribution in [3.8, 4) is 5.75 Å². The van der Waals surface area contributed by atoms with Crippen molar-refractivity contribution in [2.45, 2.75) is 13.0 Å². The fraction of sp³-hybridized carbons (Fsp3) is 0.200. The standard InChI is InChI=1S/C15H15Cl2NO/c16-13-6-5-11(14(17)9-13)7-8-18-10-12-3-1-2-4-15(12)19/h1-6,9,18-19H,7-8,10H2. The molecule has 100 valence electrons. The van der Waals surface area contributed by atoms with E-state index in [4.69, 9.17) is 23.2 Å². The first-order valence-corrected chi connectivity index (χ1v) is 6.84. The van der Waals surface area contributed by atoms with E-state index in [9.17, 15) is 5.11 Å². The highest BCUT2D eigenvalue weighted by molar-refractivity contribution is 6.35. The number of phenols is 1. The van der Waals surface area contributed by atoms with Crippen molar-refractivity contribution in [1.82, 2.24) is 5.32 Å². The lowest BCUT2D eigenvalue weighted by Crippen LogP contribution is -2.16. The second-order valence-corrected chi connectivity index (χ2v) is 5.13. The Kier molecular flexibility index (Phi) is 5.08. The predicted molar refractivity (Wildman–Crippen MR) is 80.0 cm³/mol. The lowest BCUT2D eigenvalue weighted by Gasteiger charge is -2.08. The molecule has 0 unspecified atom stereocenters. The van der Waals surface area contributed by atoms with Crippen LogP contribution in [0.1, 0.15) is 11.1 Å². The molecule has 2 N–H and O–H groups in total.